The molecule has 8 heteroatoms. The quantitative estimate of drug-likeness (QED) is 0.481. The van der Waals surface area contributed by atoms with E-state index in [2.05, 4.69) is 15.6 Å². The van der Waals surface area contributed by atoms with Crippen molar-refractivity contribution >= 4 is 17.6 Å². The number of halogens is 4. The molecule has 1 aromatic rings. The van der Waals surface area contributed by atoms with Crippen LogP contribution in [0.3, 0.4) is 0 Å². The number of ether oxygens (including phenoxy) is 1. The Morgan fingerprint density at radius 1 is 1.19 bits per heavy atom. The lowest BCUT2D eigenvalue weighted by atomic mass is 10.3. The van der Waals surface area contributed by atoms with E-state index in [1.54, 1.807) is 24.3 Å². The van der Waals surface area contributed by atoms with Gasteiger partial charge in [0.25, 0.3) is 0 Å². The van der Waals surface area contributed by atoms with Crippen LogP contribution in [0.5, 0.6) is 5.75 Å². The van der Waals surface area contributed by atoms with Crippen LogP contribution in [-0.2, 0) is 0 Å². The van der Waals surface area contributed by atoms with Crippen molar-refractivity contribution in [3.8, 4) is 5.75 Å². The van der Waals surface area contributed by atoms with Crippen LogP contribution in [-0.4, -0.2) is 38.9 Å². The van der Waals surface area contributed by atoms with E-state index in [9.17, 15) is 13.2 Å². The monoisotopic (exact) mass is 323 g/mol. The van der Waals surface area contributed by atoms with E-state index in [0.717, 1.165) is 0 Å². The molecule has 118 valence electrons. The first kappa shape index (κ1) is 17.4. The van der Waals surface area contributed by atoms with Crippen LogP contribution in [0.4, 0.5) is 13.2 Å². The standard InChI is InChI=1S/C13H17ClF3N3O/c1-18-12(19-7-6-13(15,16)17)20-8-9-21-11-4-2-10(14)3-5-11/h2-5H,6-9H2,1H3,(H2,18,19,20). The number of nitrogens with zero attached hydrogens (tertiary/aromatic N) is 1. The zero-order valence-electron chi connectivity index (χ0n) is 11.5. The second-order valence-corrected chi connectivity index (χ2v) is 4.53. The Hall–Kier alpha value is -1.63. The minimum atomic E-state index is -4.18. The summed E-state index contributed by atoms with van der Waals surface area (Å²) in [5.74, 6) is 0.972. The first-order valence-corrected chi connectivity index (χ1v) is 6.68. The highest BCUT2D eigenvalue weighted by Crippen LogP contribution is 2.18. The molecular weight excluding hydrogens is 307 g/mol. The summed E-state index contributed by atoms with van der Waals surface area (Å²) in [5, 5.41) is 6.06. The van der Waals surface area contributed by atoms with Gasteiger partial charge in [0.15, 0.2) is 5.96 Å². The number of guanidine groups is 1. The summed E-state index contributed by atoms with van der Waals surface area (Å²) >= 11 is 5.74. The molecule has 1 rings (SSSR count). The van der Waals surface area contributed by atoms with E-state index in [1.807, 2.05) is 0 Å². The van der Waals surface area contributed by atoms with Crippen molar-refractivity contribution in [3.63, 3.8) is 0 Å². The molecule has 21 heavy (non-hydrogen) atoms. The van der Waals surface area contributed by atoms with Crippen molar-refractivity contribution < 1.29 is 17.9 Å². The highest BCUT2D eigenvalue weighted by molar-refractivity contribution is 6.30. The second kappa shape index (κ2) is 8.61. The summed E-state index contributed by atoms with van der Waals surface area (Å²) in [6, 6.07) is 6.89. The van der Waals surface area contributed by atoms with Gasteiger partial charge < -0.3 is 15.4 Å². The molecule has 0 atom stereocenters. The van der Waals surface area contributed by atoms with Crippen LogP contribution in [0.25, 0.3) is 0 Å². The predicted octanol–water partition coefficient (Wildman–Crippen LogP) is 2.84. The van der Waals surface area contributed by atoms with Crippen LogP contribution in [0.1, 0.15) is 6.42 Å². The Labute approximate surface area is 126 Å². The summed E-state index contributed by atoms with van der Waals surface area (Å²) in [4.78, 5) is 3.82. The molecule has 0 spiro atoms. The molecule has 0 saturated heterocycles. The largest absolute Gasteiger partial charge is 0.492 e. The van der Waals surface area contributed by atoms with Crippen LogP contribution in [0.2, 0.25) is 5.02 Å². The molecule has 0 aliphatic carbocycles. The Morgan fingerprint density at radius 3 is 2.38 bits per heavy atom. The molecule has 0 saturated carbocycles. The number of hydrogen-bond donors (Lipinski definition) is 2. The maximum Gasteiger partial charge on any atom is 0.390 e. The van der Waals surface area contributed by atoms with Gasteiger partial charge in [0.1, 0.15) is 12.4 Å². The lowest BCUT2D eigenvalue weighted by Crippen LogP contribution is -2.40. The summed E-state index contributed by atoms with van der Waals surface area (Å²) in [7, 11) is 1.49. The summed E-state index contributed by atoms with van der Waals surface area (Å²) in [5.41, 5.74) is 0. The van der Waals surface area contributed by atoms with Gasteiger partial charge in [-0.05, 0) is 24.3 Å². The lowest BCUT2D eigenvalue weighted by Gasteiger charge is -2.13. The zero-order chi connectivity index (χ0) is 15.7. The van der Waals surface area contributed by atoms with Gasteiger partial charge in [-0.1, -0.05) is 11.6 Å². The summed E-state index contributed by atoms with van der Waals surface area (Å²) in [6.07, 6.45) is -5.08. The van der Waals surface area contributed by atoms with Gasteiger partial charge in [-0.2, -0.15) is 13.2 Å². The molecule has 0 aliphatic rings. The van der Waals surface area contributed by atoms with Crippen LogP contribution >= 0.6 is 11.6 Å². The molecule has 1 aromatic carbocycles. The zero-order valence-corrected chi connectivity index (χ0v) is 12.3. The van der Waals surface area contributed by atoms with Gasteiger partial charge in [-0.3, -0.25) is 4.99 Å². The van der Waals surface area contributed by atoms with Gasteiger partial charge in [0.05, 0.1) is 13.0 Å². The van der Waals surface area contributed by atoms with E-state index in [4.69, 9.17) is 16.3 Å². The van der Waals surface area contributed by atoms with Gasteiger partial charge in [0.2, 0.25) is 0 Å². The highest BCUT2D eigenvalue weighted by Gasteiger charge is 2.26. The van der Waals surface area contributed by atoms with Crippen molar-refractivity contribution in [1.29, 1.82) is 0 Å². The molecule has 0 radical (unpaired) electrons. The van der Waals surface area contributed by atoms with Crippen molar-refractivity contribution in [2.24, 2.45) is 4.99 Å². The minimum absolute atomic E-state index is 0.221. The lowest BCUT2D eigenvalue weighted by molar-refractivity contribution is -0.132. The third-order valence-corrected chi connectivity index (χ3v) is 2.65. The Morgan fingerprint density at radius 2 is 1.81 bits per heavy atom. The number of nitrogens with one attached hydrogen (secondary N) is 2. The molecule has 0 aromatic heterocycles. The molecule has 0 heterocycles. The van der Waals surface area contributed by atoms with Crippen molar-refractivity contribution in [1.82, 2.24) is 10.6 Å². The number of alkyl halides is 3. The second-order valence-electron chi connectivity index (χ2n) is 4.09. The topological polar surface area (TPSA) is 45.7 Å². The first-order chi connectivity index (χ1) is 9.90. The van der Waals surface area contributed by atoms with Gasteiger partial charge in [-0.15, -0.1) is 0 Å². The third-order valence-electron chi connectivity index (χ3n) is 2.40. The maximum atomic E-state index is 12.0. The van der Waals surface area contributed by atoms with E-state index < -0.39 is 12.6 Å². The fourth-order valence-electron chi connectivity index (χ4n) is 1.41. The molecule has 0 fully saturated rings. The molecule has 0 unspecified atom stereocenters. The average Bonchev–Trinajstić information content (AvgIpc) is 2.42. The Bertz CT molecular complexity index is 449. The van der Waals surface area contributed by atoms with E-state index in [-0.39, 0.29) is 6.54 Å². The van der Waals surface area contributed by atoms with Crippen molar-refractivity contribution in [3.05, 3.63) is 29.3 Å². The molecule has 0 aliphatic heterocycles. The van der Waals surface area contributed by atoms with Crippen molar-refractivity contribution in [2.45, 2.75) is 12.6 Å². The number of aliphatic imine (C=N–C) groups is 1. The highest BCUT2D eigenvalue weighted by atomic mass is 35.5. The van der Waals surface area contributed by atoms with Crippen LogP contribution in [0.15, 0.2) is 29.3 Å². The SMILES string of the molecule is CN=C(NCCOc1ccc(Cl)cc1)NCCC(F)(F)F. The third kappa shape index (κ3) is 8.29. The van der Waals surface area contributed by atoms with E-state index in [1.165, 1.54) is 7.05 Å². The maximum absolute atomic E-state index is 12.0. The van der Waals surface area contributed by atoms with Gasteiger partial charge in [-0.25, -0.2) is 0 Å². The molecule has 4 nitrogen and oxygen atoms in total. The fraction of sp³-hybridized carbons (Fsp3) is 0.462. The normalized spacial score (nSPS) is 12.1. The predicted molar refractivity (Wildman–Crippen MR) is 77.0 cm³/mol. The number of rotatable bonds is 6. The average molecular weight is 324 g/mol. The van der Waals surface area contributed by atoms with Gasteiger partial charge in [0, 0.05) is 18.6 Å². The summed E-state index contributed by atoms with van der Waals surface area (Å²) < 4.78 is 41.4. The molecule has 0 amide bonds. The fourth-order valence-corrected chi connectivity index (χ4v) is 1.54. The van der Waals surface area contributed by atoms with Crippen molar-refractivity contribution in [2.75, 3.05) is 26.7 Å². The first-order valence-electron chi connectivity index (χ1n) is 6.30. The Balaban J connectivity index is 2.19. The smallest absolute Gasteiger partial charge is 0.390 e. The number of hydrogen-bond acceptors (Lipinski definition) is 2. The van der Waals surface area contributed by atoms with E-state index >= 15 is 0 Å². The molecule has 0 bridgehead atoms. The minimum Gasteiger partial charge on any atom is -0.492 e. The van der Waals surface area contributed by atoms with Crippen LogP contribution < -0.4 is 15.4 Å². The van der Waals surface area contributed by atoms with E-state index in [0.29, 0.717) is 29.9 Å². The molecule has 2 N–H and O–H groups in total. The number of benzene rings is 1. The molecular formula is C13H17ClF3N3O. The summed E-state index contributed by atoms with van der Waals surface area (Å²) in [6.45, 7) is 0.539. The Kier molecular flexibility index (Phi) is 7.14. The van der Waals surface area contributed by atoms with Crippen LogP contribution in [0, 0.1) is 0 Å². The van der Waals surface area contributed by atoms with Gasteiger partial charge >= 0.3 is 6.18 Å².